The molecule has 2 heteroatoms. The molecular formula is C13H20O2. The lowest BCUT2D eigenvalue weighted by molar-refractivity contribution is 0.252. The van der Waals surface area contributed by atoms with Crippen LogP contribution in [-0.4, -0.2) is 18.3 Å². The van der Waals surface area contributed by atoms with Crippen LogP contribution in [0.2, 0.25) is 0 Å². The van der Waals surface area contributed by atoms with Crippen molar-refractivity contribution < 1.29 is 9.84 Å². The van der Waals surface area contributed by atoms with Gasteiger partial charge in [0.15, 0.2) is 0 Å². The van der Waals surface area contributed by atoms with Crippen LogP contribution in [-0.2, 0) is 0 Å². The minimum Gasteiger partial charge on any atom is -0.493 e. The highest BCUT2D eigenvalue weighted by Gasteiger charge is 2.05. The van der Waals surface area contributed by atoms with Gasteiger partial charge < -0.3 is 9.84 Å². The van der Waals surface area contributed by atoms with Crippen molar-refractivity contribution >= 4 is 0 Å². The molecule has 0 radical (unpaired) electrons. The zero-order valence-corrected chi connectivity index (χ0v) is 9.84. The number of ether oxygens (including phenoxy) is 1. The summed E-state index contributed by atoms with van der Waals surface area (Å²) in [7, 11) is 0. The minimum absolute atomic E-state index is 0.245. The maximum Gasteiger partial charge on any atom is 0.125 e. The number of aliphatic hydroxyl groups is 1. The van der Waals surface area contributed by atoms with Crippen molar-refractivity contribution in [3.8, 4) is 5.75 Å². The number of hydrogen-bond donors (Lipinski definition) is 1. The fourth-order valence-corrected chi connectivity index (χ4v) is 1.54. The Bertz CT molecular complexity index is 319. The molecule has 0 unspecified atom stereocenters. The monoisotopic (exact) mass is 208 g/mol. The first kappa shape index (κ1) is 12.1. The molecule has 0 spiro atoms. The summed E-state index contributed by atoms with van der Waals surface area (Å²) in [4.78, 5) is 0. The Hall–Kier alpha value is -1.02. The topological polar surface area (TPSA) is 29.5 Å². The van der Waals surface area contributed by atoms with Crippen LogP contribution in [0.15, 0.2) is 12.1 Å². The van der Waals surface area contributed by atoms with Gasteiger partial charge >= 0.3 is 0 Å². The van der Waals surface area contributed by atoms with Gasteiger partial charge in [-0.2, -0.15) is 0 Å². The fraction of sp³-hybridized carbons (Fsp3) is 0.538. The molecule has 0 aromatic heterocycles. The van der Waals surface area contributed by atoms with E-state index in [2.05, 4.69) is 32.9 Å². The van der Waals surface area contributed by atoms with E-state index in [-0.39, 0.29) is 6.61 Å². The molecule has 0 aliphatic heterocycles. The molecule has 15 heavy (non-hydrogen) atoms. The third kappa shape index (κ3) is 3.24. The number of unbranched alkanes of at least 4 members (excludes halogenated alkanes) is 1. The van der Waals surface area contributed by atoms with E-state index in [1.54, 1.807) is 0 Å². The van der Waals surface area contributed by atoms with Crippen LogP contribution < -0.4 is 4.74 Å². The zero-order valence-electron chi connectivity index (χ0n) is 9.84. The average Bonchev–Trinajstić information content (AvgIpc) is 2.23. The number of aryl methyl sites for hydroxylation is 2. The van der Waals surface area contributed by atoms with Gasteiger partial charge in [-0.25, -0.2) is 0 Å². The third-order valence-electron chi connectivity index (χ3n) is 2.67. The van der Waals surface area contributed by atoms with Crippen LogP contribution in [0.25, 0.3) is 0 Å². The Morgan fingerprint density at radius 2 is 1.73 bits per heavy atom. The Balaban J connectivity index is 2.63. The highest BCUT2D eigenvalue weighted by molar-refractivity contribution is 5.44. The van der Waals surface area contributed by atoms with Crippen LogP contribution in [0.1, 0.15) is 29.5 Å². The van der Waals surface area contributed by atoms with E-state index in [0.717, 1.165) is 18.6 Å². The summed E-state index contributed by atoms with van der Waals surface area (Å²) >= 11 is 0. The first-order valence-corrected chi connectivity index (χ1v) is 5.47. The van der Waals surface area contributed by atoms with Gasteiger partial charge in [0, 0.05) is 6.61 Å². The molecule has 1 rings (SSSR count). The van der Waals surface area contributed by atoms with Crippen molar-refractivity contribution in [2.75, 3.05) is 13.2 Å². The normalized spacial score (nSPS) is 10.4. The van der Waals surface area contributed by atoms with Gasteiger partial charge in [0.2, 0.25) is 0 Å². The summed E-state index contributed by atoms with van der Waals surface area (Å²) in [6.07, 6.45) is 1.72. The van der Waals surface area contributed by atoms with Gasteiger partial charge in [-0.1, -0.05) is 12.1 Å². The predicted octanol–water partition coefficient (Wildman–Crippen LogP) is 2.76. The molecule has 1 aromatic carbocycles. The molecule has 0 saturated heterocycles. The molecular weight excluding hydrogens is 188 g/mol. The lowest BCUT2D eigenvalue weighted by Gasteiger charge is -2.13. The Morgan fingerprint density at radius 1 is 1.07 bits per heavy atom. The molecule has 2 nitrogen and oxygen atoms in total. The van der Waals surface area contributed by atoms with Gasteiger partial charge in [0.05, 0.1) is 6.61 Å². The third-order valence-corrected chi connectivity index (χ3v) is 2.67. The van der Waals surface area contributed by atoms with Crippen LogP contribution in [0.3, 0.4) is 0 Å². The Kier molecular flexibility index (Phi) is 4.63. The van der Waals surface area contributed by atoms with Crippen LogP contribution in [0.4, 0.5) is 0 Å². The molecule has 0 aliphatic carbocycles. The summed E-state index contributed by atoms with van der Waals surface area (Å²) < 4.78 is 5.74. The van der Waals surface area contributed by atoms with E-state index in [9.17, 15) is 0 Å². The fourth-order valence-electron chi connectivity index (χ4n) is 1.54. The predicted molar refractivity (Wildman–Crippen MR) is 62.5 cm³/mol. The largest absolute Gasteiger partial charge is 0.493 e. The average molecular weight is 208 g/mol. The second-order valence-corrected chi connectivity index (χ2v) is 3.93. The van der Waals surface area contributed by atoms with E-state index in [4.69, 9.17) is 9.84 Å². The summed E-state index contributed by atoms with van der Waals surface area (Å²) in [5.74, 6) is 1.01. The van der Waals surface area contributed by atoms with Gasteiger partial charge in [-0.05, 0) is 50.3 Å². The van der Waals surface area contributed by atoms with Crippen molar-refractivity contribution in [3.63, 3.8) is 0 Å². The van der Waals surface area contributed by atoms with Gasteiger partial charge in [0.25, 0.3) is 0 Å². The zero-order chi connectivity index (χ0) is 11.3. The van der Waals surface area contributed by atoms with Crippen LogP contribution >= 0.6 is 0 Å². The SMILES string of the molecule is Cc1ccc(C)c(OCCCCO)c1C. The van der Waals surface area contributed by atoms with Crippen LogP contribution in [0.5, 0.6) is 5.75 Å². The van der Waals surface area contributed by atoms with E-state index in [1.807, 2.05) is 0 Å². The number of rotatable bonds is 5. The van der Waals surface area contributed by atoms with E-state index < -0.39 is 0 Å². The standard InChI is InChI=1S/C13H20O2/c1-10-6-7-11(2)13(12(10)3)15-9-5-4-8-14/h6-7,14H,4-5,8-9H2,1-3H3. The molecule has 84 valence electrons. The molecule has 0 aliphatic rings. The van der Waals surface area contributed by atoms with E-state index in [0.29, 0.717) is 6.61 Å². The summed E-state index contributed by atoms with van der Waals surface area (Å²) in [6.45, 7) is 7.17. The maximum atomic E-state index is 8.66. The quantitative estimate of drug-likeness (QED) is 0.754. The highest BCUT2D eigenvalue weighted by atomic mass is 16.5. The molecule has 0 heterocycles. The summed E-state index contributed by atoms with van der Waals surface area (Å²) in [5, 5.41) is 8.66. The summed E-state index contributed by atoms with van der Waals surface area (Å²) in [6, 6.07) is 4.20. The first-order valence-electron chi connectivity index (χ1n) is 5.47. The second kappa shape index (κ2) is 5.76. The molecule has 0 amide bonds. The Morgan fingerprint density at radius 3 is 2.40 bits per heavy atom. The second-order valence-electron chi connectivity index (χ2n) is 3.93. The number of benzene rings is 1. The minimum atomic E-state index is 0.245. The van der Waals surface area contributed by atoms with Crippen molar-refractivity contribution in [1.29, 1.82) is 0 Å². The van der Waals surface area contributed by atoms with Crippen molar-refractivity contribution in [2.24, 2.45) is 0 Å². The van der Waals surface area contributed by atoms with Crippen molar-refractivity contribution in [3.05, 3.63) is 28.8 Å². The van der Waals surface area contributed by atoms with Gasteiger partial charge in [0.1, 0.15) is 5.75 Å². The number of hydrogen-bond acceptors (Lipinski definition) is 2. The molecule has 0 bridgehead atoms. The van der Waals surface area contributed by atoms with Crippen molar-refractivity contribution in [1.82, 2.24) is 0 Å². The smallest absolute Gasteiger partial charge is 0.125 e. The molecule has 0 saturated carbocycles. The molecule has 0 fully saturated rings. The maximum absolute atomic E-state index is 8.66. The molecule has 1 N–H and O–H groups in total. The number of aliphatic hydroxyl groups excluding tert-OH is 1. The Labute approximate surface area is 91.9 Å². The first-order chi connectivity index (χ1) is 7.16. The van der Waals surface area contributed by atoms with Gasteiger partial charge in [-0.15, -0.1) is 0 Å². The van der Waals surface area contributed by atoms with E-state index >= 15 is 0 Å². The summed E-state index contributed by atoms with van der Waals surface area (Å²) in [5.41, 5.74) is 3.67. The highest BCUT2D eigenvalue weighted by Crippen LogP contribution is 2.25. The van der Waals surface area contributed by atoms with Crippen LogP contribution in [0, 0.1) is 20.8 Å². The van der Waals surface area contributed by atoms with E-state index in [1.165, 1.54) is 16.7 Å². The van der Waals surface area contributed by atoms with Gasteiger partial charge in [-0.3, -0.25) is 0 Å². The molecule has 0 atom stereocenters. The lowest BCUT2D eigenvalue weighted by atomic mass is 10.1. The molecule has 1 aromatic rings. The van der Waals surface area contributed by atoms with Crippen molar-refractivity contribution in [2.45, 2.75) is 33.6 Å². The lowest BCUT2D eigenvalue weighted by Crippen LogP contribution is -2.02.